The maximum Gasteiger partial charge on any atom is 0.0615 e. The first-order valence-electron chi connectivity index (χ1n) is 6.32. The normalized spacial score (nSPS) is 27.6. The number of hydrogen-bond acceptors (Lipinski definition) is 2. The van der Waals surface area contributed by atoms with Crippen LogP contribution >= 0.6 is 0 Å². The maximum absolute atomic E-state index is 5.23. The molecule has 0 spiro atoms. The SMILES string of the molecule is CC[C@H](COC)N[C@H]1CCCC(C)(C)C1. The zero-order valence-electron chi connectivity index (χ0n) is 10.8. The van der Waals surface area contributed by atoms with E-state index in [2.05, 4.69) is 26.1 Å². The van der Waals surface area contributed by atoms with E-state index in [0.717, 1.165) is 13.0 Å². The summed E-state index contributed by atoms with van der Waals surface area (Å²) in [6.07, 6.45) is 6.56. The zero-order valence-corrected chi connectivity index (χ0v) is 10.8. The molecule has 2 atom stereocenters. The van der Waals surface area contributed by atoms with Crippen molar-refractivity contribution in [3.63, 3.8) is 0 Å². The molecule has 1 N–H and O–H groups in total. The van der Waals surface area contributed by atoms with Gasteiger partial charge in [-0.3, -0.25) is 0 Å². The largest absolute Gasteiger partial charge is 0.383 e. The summed E-state index contributed by atoms with van der Waals surface area (Å²) in [5.74, 6) is 0. The molecule has 0 aromatic rings. The third kappa shape index (κ3) is 4.52. The molecule has 1 rings (SSSR count). The van der Waals surface area contributed by atoms with Crippen molar-refractivity contribution >= 4 is 0 Å². The minimum atomic E-state index is 0.529. The van der Waals surface area contributed by atoms with Crippen LogP contribution in [0.25, 0.3) is 0 Å². The van der Waals surface area contributed by atoms with E-state index in [9.17, 15) is 0 Å². The Labute approximate surface area is 94.8 Å². The van der Waals surface area contributed by atoms with Crippen LogP contribution in [0.2, 0.25) is 0 Å². The van der Waals surface area contributed by atoms with E-state index in [1.807, 2.05) is 0 Å². The number of nitrogens with one attached hydrogen (secondary N) is 1. The molecule has 1 aliphatic rings. The highest BCUT2D eigenvalue weighted by molar-refractivity contribution is 4.85. The lowest BCUT2D eigenvalue weighted by Gasteiger charge is -2.37. The Kier molecular flexibility index (Phi) is 5.07. The summed E-state index contributed by atoms with van der Waals surface area (Å²) in [5, 5.41) is 3.74. The summed E-state index contributed by atoms with van der Waals surface area (Å²) in [6, 6.07) is 1.24. The molecule has 0 aromatic heterocycles. The van der Waals surface area contributed by atoms with Crippen molar-refractivity contribution in [2.24, 2.45) is 5.41 Å². The first kappa shape index (κ1) is 13.0. The van der Waals surface area contributed by atoms with Crippen molar-refractivity contribution in [2.75, 3.05) is 13.7 Å². The van der Waals surface area contributed by atoms with Crippen LogP contribution in [0, 0.1) is 5.41 Å². The van der Waals surface area contributed by atoms with E-state index in [0.29, 0.717) is 17.5 Å². The first-order valence-corrected chi connectivity index (χ1v) is 6.32. The van der Waals surface area contributed by atoms with Crippen LogP contribution in [-0.2, 0) is 4.74 Å². The molecule has 0 aromatic carbocycles. The van der Waals surface area contributed by atoms with Gasteiger partial charge < -0.3 is 10.1 Å². The van der Waals surface area contributed by atoms with Gasteiger partial charge >= 0.3 is 0 Å². The van der Waals surface area contributed by atoms with E-state index in [4.69, 9.17) is 4.74 Å². The summed E-state index contributed by atoms with van der Waals surface area (Å²) >= 11 is 0. The summed E-state index contributed by atoms with van der Waals surface area (Å²) < 4.78 is 5.23. The molecule has 0 bridgehead atoms. The van der Waals surface area contributed by atoms with Gasteiger partial charge in [0.05, 0.1) is 6.61 Å². The van der Waals surface area contributed by atoms with Crippen LogP contribution in [0.3, 0.4) is 0 Å². The molecular weight excluding hydrogens is 186 g/mol. The van der Waals surface area contributed by atoms with Crippen molar-refractivity contribution in [1.29, 1.82) is 0 Å². The molecule has 1 fully saturated rings. The third-order valence-corrected chi connectivity index (χ3v) is 3.54. The molecule has 0 saturated heterocycles. The van der Waals surface area contributed by atoms with Gasteiger partial charge in [-0.1, -0.05) is 27.2 Å². The lowest BCUT2D eigenvalue weighted by atomic mass is 9.75. The third-order valence-electron chi connectivity index (χ3n) is 3.54. The van der Waals surface area contributed by atoms with Gasteiger partial charge in [0, 0.05) is 19.2 Å². The Bertz CT molecular complexity index is 179. The fourth-order valence-corrected chi connectivity index (χ4v) is 2.66. The molecule has 0 unspecified atom stereocenters. The highest BCUT2D eigenvalue weighted by Gasteiger charge is 2.28. The molecule has 0 radical (unpaired) electrons. The molecule has 0 amide bonds. The fraction of sp³-hybridized carbons (Fsp3) is 1.00. The Morgan fingerprint density at radius 1 is 1.47 bits per heavy atom. The second-order valence-electron chi connectivity index (χ2n) is 5.68. The van der Waals surface area contributed by atoms with Crippen molar-refractivity contribution < 1.29 is 4.74 Å². The smallest absolute Gasteiger partial charge is 0.0615 e. The van der Waals surface area contributed by atoms with Gasteiger partial charge in [-0.25, -0.2) is 0 Å². The highest BCUT2D eigenvalue weighted by atomic mass is 16.5. The average molecular weight is 213 g/mol. The number of rotatable bonds is 5. The van der Waals surface area contributed by atoms with Gasteiger partial charge in [0.1, 0.15) is 0 Å². The Balaban J connectivity index is 2.36. The van der Waals surface area contributed by atoms with Gasteiger partial charge in [-0.15, -0.1) is 0 Å². The van der Waals surface area contributed by atoms with Crippen LogP contribution in [0.15, 0.2) is 0 Å². The van der Waals surface area contributed by atoms with E-state index < -0.39 is 0 Å². The zero-order chi connectivity index (χ0) is 11.3. The molecular formula is C13H27NO. The van der Waals surface area contributed by atoms with Crippen molar-refractivity contribution in [3.8, 4) is 0 Å². The second kappa shape index (κ2) is 5.86. The topological polar surface area (TPSA) is 21.3 Å². The minimum Gasteiger partial charge on any atom is -0.383 e. The van der Waals surface area contributed by atoms with Crippen molar-refractivity contribution in [1.82, 2.24) is 5.32 Å². The maximum atomic E-state index is 5.23. The molecule has 0 aliphatic heterocycles. The van der Waals surface area contributed by atoms with Crippen LogP contribution in [-0.4, -0.2) is 25.8 Å². The number of hydrogen-bond donors (Lipinski definition) is 1. The highest BCUT2D eigenvalue weighted by Crippen LogP contribution is 2.35. The predicted octanol–water partition coefficient (Wildman–Crippen LogP) is 2.97. The molecule has 15 heavy (non-hydrogen) atoms. The summed E-state index contributed by atoms with van der Waals surface area (Å²) in [4.78, 5) is 0. The predicted molar refractivity (Wildman–Crippen MR) is 65.1 cm³/mol. The summed E-state index contributed by atoms with van der Waals surface area (Å²) in [6.45, 7) is 7.84. The second-order valence-corrected chi connectivity index (χ2v) is 5.68. The van der Waals surface area contributed by atoms with E-state index in [-0.39, 0.29) is 0 Å². The quantitative estimate of drug-likeness (QED) is 0.758. The van der Waals surface area contributed by atoms with Crippen LogP contribution < -0.4 is 5.32 Å². The summed E-state index contributed by atoms with van der Waals surface area (Å²) in [7, 11) is 1.79. The Morgan fingerprint density at radius 3 is 2.73 bits per heavy atom. The van der Waals surface area contributed by atoms with Gasteiger partial charge in [0.25, 0.3) is 0 Å². The van der Waals surface area contributed by atoms with E-state index in [1.165, 1.54) is 25.7 Å². The fourth-order valence-electron chi connectivity index (χ4n) is 2.66. The van der Waals surface area contributed by atoms with Crippen LogP contribution in [0.5, 0.6) is 0 Å². The van der Waals surface area contributed by atoms with Gasteiger partial charge in [-0.05, 0) is 31.1 Å². The first-order chi connectivity index (χ1) is 7.07. The monoisotopic (exact) mass is 213 g/mol. The average Bonchev–Trinajstić information content (AvgIpc) is 2.15. The standard InChI is InChI=1S/C13H27NO/c1-5-11(10-15-4)14-12-7-6-8-13(2,3)9-12/h11-12,14H,5-10H2,1-4H3/t11-,12+/m1/s1. The Morgan fingerprint density at radius 2 is 2.20 bits per heavy atom. The van der Waals surface area contributed by atoms with Crippen LogP contribution in [0.1, 0.15) is 52.9 Å². The van der Waals surface area contributed by atoms with Gasteiger partial charge in [-0.2, -0.15) is 0 Å². The lowest BCUT2D eigenvalue weighted by molar-refractivity contribution is 0.135. The molecule has 1 aliphatic carbocycles. The van der Waals surface area contributed by atoms with Crippen molar-refractivity contribution in [3.05, 3.63) is 0 Å². The van der Waals surface area contributed by atoms with E-state index >= 15 is 0 Å². The molecule has 2 nitrogen and oxygen atoms in total. The number of methoxy groups -OCH3 is 1. The van der Waals surface area contributed by atoms with E-state index in [1.54, 1.807) is 7.11 Å². The Hall–Kier alpha value is -0.0800. The van der Waals surface area contributed by atoms with Gasteiger partial charge in [0.15, 0.2) is 0 Å². The molecule has 90 valence electrons. The van der Waals surface area contributed by atoms with Crippen molar-refractivity contribution in [2.45, 2.75) is 65.0 Å². The summed E-state index contributed by atoms with van der Waals surface area (Å²) in [5.41, 5.74) is 0.529. The molecule has 1 saturated carbocycles. The number of ether oxygens (including phenoxy) is 1. The lowest BCUT2D eigenvalue weighted by Crippen LogP contribution is -2.44. The molecule has 2 heteroatoms. The minimum absolute atomic E-state index is 0.529. The van der Waals surface area contributed by atoms with Crippen LogP contribution in [0.4, 0.5) is 0 Å². The molecule has 0 heterocycles. The van der Waals surface area contributed by atoms with Gasteiger partial charge in [0.2, 0.25) is 0 Å².